The van der Waals surface area contributed by atoms with Crippen LogP contribution in [0, 0.1) is 23.0 Å². The maximum atomic E-state index is 15.5. The van der Waals surface area contributed by atoms with Gasteiger partial charge in [0.15, 0.2) is 11.6 Å². The summed E-state index contributed by atoms with van der Waals surface area (Å²) in [4.78, 5) is 27.7. The molecule has 0 aromatic heterocycles. The first-order valence-corrected chi connectivity index (χ1v) is 11.7. The number of carbonyl (C=O) groups is 2. The smallest absolute Gasteiger partial charge is 0.236 e. The maximum Gasteiger partial charge on any atom is 0.236 e. The standard InChI is InChI=1S/C26H30F2N2O4/c1-4-26(5-2)24(30(25(26)33)20-8-6-7-18(27)23(20)32)17-13-19(28)21(14-22(17)34-3)29-11-9-16(15-31)10-12-29/h6-8,13-16,24,32H,4-5,9-12H2,1-3H3. The second-order valence-electron chi connectivity index (χ2n) is 9.05. The number of carbonyl (C=O) groups excluding carboxylic acids is 2. The van der Waals surface area contributed by atoms with E-state index in [-0.39, 0.29) is 17.5 Å². The average molecular weight is 473 g/mol. The predicted molar refractivity (Wildman–Crippen MR) is 125 cm³/mol. The van der Waals surface area contributed by atoms with Crippen LogP contribution in [0.3, 0.4) is 0 Å². The number of hydrogen-bond acceptors (Lipinski definition) is 5. The molecule has 2 saturated heterocycles. The van der Waals surface area contributed by atoms with Gasteiger partial charge in [0, 0.05) is 30.6 Å². The molecular weight excluding hydrogens is 442 g/mol. The van der Waals surface area contributed by atoms with Gasteiger partial charge in [-0.1, -0.05) is 19.9 Å². The van der Waals surface area contributed by atoms with Gasteiger partial charge < -0.3 is 19.5 Å². The summed E-state index contributed by atoms with van der Waals surface area (Å²) in [6.45, 7) is 4.90. The molecule has 2 aromatic rings. The van der Waals surface area contributed by atoms with Crippen LogP contribution in [0.25, 0.3) is 0 Å². The van der Waals surface area contributed by atoms with E-state index in [9.17, 15) is 19.1 Å². The zero-order valence-corrected chi connectivity index (χ0v) is 19.7. The summed E-state index contributed by atoms with van der Waals surface area (Å²) in [6.07, 6.45) is 3.25. The summed E-state index contributed by atoms with van der Waals surface area (Å²) in [6, 6.07) is 6.41. The van der Waals surface area contributed by atoms with Crippen molar-refractivity contribution in [1.29, 1.82) is 0 Å². The summed E-state index contributed by atoms with van der Waals surface area (Å²) in [5.41, 5.74) is 0.0744. The molecule has 4 rings (SSSR count). The Labute approximate surface area is 198 Å². The van der Waals surface area contributed by atoms with Crippen LogP contribution in [-0.4, -0.2) is 37.5 Å². The fourth-order valence-electron chi connectivity index (χ4n) is 5.45. The Hall–Kier alpha value is -3.16. The third kappa shape index (κ3) is 3.60. The molecule has 0 bridgehead atoms. The lowest BCUT2D eigenvalue weighted by Gasteiger charge is -2.56. The Kier molecular flexibility index (Phi) is 6.51. The van der Waals surface area contributed by atoms with Gasteiger partial charge in [-0.2, -0.15) is 0 Å². The van der Waals surface area contributed by atoms with Gasteiger partial charge >= 0.3 is 0 Å². The zero-order valence-electron chi connectivity index (χ0n) is 19.7. The van der Waals surface area contributed by atoms with E-state index in [0.717, 1.165) is 12.4 Å². The molecule has 34 heavy (non-hydrogen) atoms. The van der Waals surface area contributed by atoms with E-state index < -0.39 is 28.8 Å². The van der Waals surface area contributed by atoms with Crippen molar-refractivity contribution in [1.82, 2.24) is 0 Å². The van der Waals surface area contributed by atoms with Gasteiger partial charge in [-0.25, -0.2) is 8.78 Å². The molecule has 1 amide bonds. The fraction of sp³-hybridized carbons (Fsp3) is 0.462. The minimum Gasteiger partial charge on any atom is -0.503 e. The van der Waals surface area contributed by atoms with Crippen LogP contribution in [0.4, 0.5) is 20.2 Å². The lowest BCUT2D eigenvalue weighted by molar-refractivity contribution is -0.141. The fourth-order valence-corrected chi connectivity index (χ4v) is 5.45. The Morgan fingerprint density at radius 1 is 1.12 bits per heavy atom. The lowest BCUT2D eigenvalue weighted by Crippen LogP contribution is -2.63. The number of hydrogen-bond donors (Lipinski definition) is 1. The van der Waals surface area contributed by atoms with Crippen molar-refractivity contribution in [2.24, 2.45) is 11.3 Å². The topological polar surface area (TPSA) is 70.1 Å². The number of methoxy groups -OCH3 is 1. The molecule has 0 spiro atoms. The quantitative estimate of drug-likeness (QED) is 0.454. The number of halogens is 2. The van der Waals surface area contributed by atoms with Crippen molar-refractivity contribution in [2.75, 3.05) is 30.0 Å². The molecule has 8 heteroatoms. The predicted octanol–water partition coefficient (Wildman–Crippen LogP) is 4.99. The molecule has 1 unspecified atom stereocenters. The number of para-hydroxylation sites is 1. The van der Waals surface area contributed by atoms with E-state index in [1.807, 2.05) is 18.7 Å². The van der Waals surface area contributed by atoms with Crippen LogP contribution < -0.4 is 14.5 Å². The molecular formula is C26H30F2N2O4. The van der Waals surface area contributed by atoms with Crippen LogP contribution in [0.1, 0.15) is 51.1 Å². The van der Waals surface area contributed by atoms with E-state index in [0.29, 0.717) is 55.8 Å². The molecule has 2 aliphatic rings. The van der Waals surface area contributed by atoms with Gasteiger partial charge in [-0.3, -0.25) is 9.69 Å². The molecule has 2 aliphatic heterocycles. The van der Waals surface area contributed by atoms with Crippen molar-refractivity contribution in [3.63, 3.8) is 0 Å². The van der Waals surface area contributed by atoms with Gasteiger partial charge in [0.25, 0.3) is 0 Å². The zero-order chi connectivity index (χ0) is 24.6. The highest BCUT2D eigenvalue weighted by atomic mass is 19.1. The molecule has 0 saturated carbocycles. The normalized spacial score (nSPS) is 20.3. The van der Waals surface area contributed by atoms with Crippen molar-refractivity contribution < 1.29 is 28.2 Å². The number of aromatic hydroxyl groups is 1. The molecule has 2 heterocycles. The highest BCUT2D eigenvalue weighted by Crippen LogP contribution is 2.59. The van der Waals surface area contributed by atoms with Crippen LogP contribution in [0.5, 0.6) is 11.5 Å². The number of anilines is 2. The minimum absolute atomic E-state index is 0.0105. The molecule has 1 atom stereocenters. The van der Waals surface area contributed by atoms with Crippen LogP contribution >= 0.6 is 0 Å². The molecule has 2 fully saturated rings. The monoisotopic (exact) mass is 472 g/mol. The summed E-state index contributed by atoms with van der Waals surface area (Å²) >= 11 is 0. The number of ether oxygens (including phenoxy) is 1. The largest absolute Gasteiger partial charge is 0.503 e. The number of amides is 1. The number of aldehydes is 1. The number of rotatable bonds is 7. The van der Waals surface area contributed by atoms with E-state index in [4.69, 9.17) is 4.74 Å². The van der Waals surface area contributed by atoms with Gasteiger partial charge in [0.2, 0.25) is 5.91 Å². The van der Waals surface area contributed by atoms with Gasteiger partial charge in [-0.05, 0) is 43.9 Å². The second-order valence-corrected chi connectivity index (χ2v) is 9.05. The first kappa shape index (κ1) is 24.0. The van der Waals surface area contributed by atoms with Crippen LogP contribution in [-0.2, 0) is 9.59 Å². The van der Waals surface area contributed by atoms with E-state index in [1.165, 1.54) is 30.2 Å². The van der Waals surface area contributed by atoms with Gasteiger partial charge in [-0.15, -0.1) is 0 Å². The maximum absolute atomic E-state index is 15.5. The highest BCUT2D eigenvalue weighted by molar-refractivity contribution is 6.07. The van der Waals surface area contributed by atoms with Crippen LogP contribution in [0.15, 0.2) is 30.3 Å². The summed E-state index contributed by atoms with van der Waals surface area (Å²) in [5.74, 6) is -1.74. The lowest BCUT2D eigenvalue weighted by atomic mass is 9.64. The van der Waals surface area contributed by atoms with E-state index >= 15 is 4.39 Å². The third-order valence-corrected chi connectivity index (χ3v) is 7.58. The van der Waals surface area contributed by atoms with Gasteiger partial charge in [0.1, 0.15) is 17.9 Å². The number of β-lactam (4-membered cyclic amide) rings is 1. The first-order valence-electron chi connectivity index (χ1n) is 11.7. The molecule has 2 aromatic carbocycles. The second kappa shape index (κ2) is 9.24. The summed E-state index contributed by atoms with van der Waals surface area (Å²) in [7, 11) is 1.49. The number of piperidine rings is 1. The third-order valence-electron chi connectivity index (χ3n) is 7.58. The minimum atomic E-state index is -0.832. The van der Waals surface area contributed by atoms with Gasteiger partial charge in [0.05, 0.1) is 29.9 Å². The number of phenols is 1. The molecule has 1 N–H and O–H groups in total. The van der Waals surface area contributed by atoms with E-state index in [1.54, 1.807) is 6.07 Å². The molecule has 0 aliphatic carbocycles. The highest BCUT2D eigenvalue weighted by Gasteiger charge is 2.60. The van der Waals surface area contributed by atoms with Crippen LogP contribution in [0.2, 0.25) is 0 Å². The molecule has 6 nitrogen and oxygen atoms in total. The average Bonchev–Trinajstić information content (AvgIpc) is 2.85. The number of phenolic OH excluding ortho intramolecular Hbond substituents is 1. The Morgan fingerprint density at radius 3 is 2.38 bits per heavy atom. The number of nitrogens with zero attached hydrogens (tertiary/aromatic N) is 2. The SMILES string of the molecule is CCC1(CC)C(=O)N(c2cccc(F)c2O)C1c1cc(F)c(N2CCC(C=O)CC2)cc1OC. The van der Waals surface area contributed by atoms with Crippen molar-refractivity contribution in [2.45, 2.75) is 45.6 Å². The molecule has 182 valence electrons. The summed E-state index contributed by atoms with van der Waals surface area (Å²) in [5, 5.41) is 10.4. The van der Waals surface area contributed by atoms with E-state index in [2.05, 4.69) is 0 Å². The van der Waals surface area contributed by atoms with Crippen molar-refractivity contribution in [3.8, 4) is 11.5 Å². The first-order chi connectivity index (χ1) is 16.3. The number of benzene rings is 2. The van der Waals surface area contributed by atoms with Crippen molar-refractivity contribution in [3.05, 3.63) is 47.5 Å². The summed E-state index contributed by atoms with van der Waals surface area (Å²) < 4.78 is 35.3. The van der Waals surface area contributed by atoms with Crippen molar-refractivity contribution >= 4 is 23.6 Å². The Balaban J connectivity index is 1.79. The molecule has 0 radical (unpaired) electrons. The Bertz CT molecular complexity index is 1090. The Morgan fingerprint density at radius 2 is 1.79 bits per heavy atom.